The molecule has 2 aromatic carbocycles. The fraction of sp³-hybridized carbons (Fsp3) is 0.391. The smallest absolute Gasteiger partial charge is 0.224 e. The van der Waals surface area contributed by atoms with Gasteiger partial charge < -0.3 is 14.8 Å². The first-order valence-electron chi connectivity index (χ1n) is 9.84. The normalized spacial score (nSPS) is 29.6. The monoisotopic (exact) mass is 377 g/mol. The van der Waals surface area contributed by atoms with Crippen LogP contribution in [0.2, 0.25) is 0 Å². The zero-order valence-electron chi connectivity index (χ0n) is 15.8. The van der Waals surface area contributed by atoms with Crippen LogP contribution in [0.15, 0.2) is 48.5 Å². The van der Waals surface area contributed by atoms with Crippen LogP contribution in [0.4, 0.5) is 0 Å². The summed E-state index contributed by atoms with van der Waals surface area (Å²) >= 11 is 0. The van der Waals surface area contributed by atoms with Crippen LogP contribution in [-0.2, 0) is 11.3 Å². The number of ketones is 1. The maximum Gasteiger partial charge on any atom is 0.224 e. The molecule has 144 valence electrons. The van der Waals surface area contributed by atoms with E-state index in [0.29, 0.717) is 30.2 Å². The summed E-state index contributed by atoms with van der Waals surface area (Å²) in [5.41, 5.74) is 1.11. The van der Waals surface area contributed by atoms with Crippen LogP contribution in [-0.4, -0.2) is 24.4 Å². The Balaban J connectivity index is 1.30. The number of hydrogen-bond acceptors (Lipinski definition) is 4. The number of amides is 1. The van der Waals surface area contributed by atoms with Gasteiger partial charge in [0.1, 0.15) is 17.1 Å². The van der Waals surface area contributed by atoms with Gasteiger partial charge >= 0.3 is 0 Å². The number of hydrogen-bond donors (Lipinski definition) is 1. The molecule has 3 aliphatic rings. The van der Waals surface area contributed by atoms with Crippen molar-refractivity contribution in [3.05, 3.63) is 59.7 Å². The molecule has 0 unspecified atom stereocenters. The standard InChI is InChI=1S/C23H23NO4/c1-27-18-8-4-2-6-14(18)13-24-22(26)20-16-10-11-23(21(16)20)12-17(25)15-7-3-5-9-19(15)28-23/h2-9,16,20-21H,10-13H2,1H3,(H,24,26)/t16-,20+,21-,23+/m0/s1. The number of Topliss-reactive ketones (excluding diaryl/α,β-unsaturated/α-hetero) is 1. The average Bonchev–Trinajstić information content (AvgIpc) is 3.37. The first-order chi connectivity index (χ1) is 13.6. The summed E-state index contributed by atoms with van der Waals surface area (Å²) in [6.07, 6.45) is 2.16. The molecule has 1 aliphatic heterocycles. The number of methoxy groups -OCH3 is 1. The van der Waals surface area contributed by atoms with Crippen LogP contribution >= 0.6 is 0 Å². The molecule has 4 atom stereocenters. The number of rotatable bonds is 4. The van der Waals surface area contributed by atoms with E-state index in [4.69, 9.17) is 9.47 Å². The molecule has 0 saturated heterocycles. The van der Waals surface area contributed by atoms with Gasteiger partial charge in [0.2, 0.25) is 5.91 Å². The molecule has 2 aromatic rings. The van der Waals surface area contributed by atoms with E-state index in [9.17, 15) is 9.59 Å². The van der Waals surface area contributed by atoms with E-state index in [1.807, 2.05) is 48.5 Å². The largest absolute Gasteiger partial charge is 0.496 e. The van der Waals surface area contributed by atoms with Gasteiger partial charge in [0.15, 0.2) is 5.78 Å². The Morgan fingerprint density at radius 2 is 2.00 bits per heavy atom. The number of fused-ring (bicyclic) bond motifs is 3. The Kier molecular flexibility index (Phi) is 3.93. The van der Waals surface area contributed by atoms with Crippen molar-refractivity contribution < 1.29 is 19.1 Å². The van der Waals surface area contributed by atoms with Crippen molar-refractivity contribution in [3.8, 4) is 11.5 Å². The highest BCUT2D eigenvalue weighted by atomic mass is 16.5. The van der Waals surface area contributed by atoms with E-state index in [1.165, 1.54) is 0 Å². The van der Waals surface area contributed by atoms with E-state index in [0.717, 1.165) is 24.2 Å². The molecule has 2 aliphatic carbocycles. The summed E-state index contributed by atoms with van der Waals surface area (Å²) in [6.45, 7) is 0.439. The minimum Gasteiger partial charge on any atom is -0.496 e. The highest BCUT2D eigenvalue weighted by Gasteiger charge is 2.70. The van der Waals surface area contributed by atoms with Crippen molar-refractivity contribution in [1.82, 2.24) is 5.32 Å². The lowest BCUT2D eigenvalue weighted by molar-refractivity contribution is -0.124. The molecule has 1 heterocycles. The molecule has 2 saturated carbocycles. The fourth-order valence-electron chi connectivity index (χ4n) is 5.27. The van der Waals surface area contributed by atoms with Crippen molar-refractivity contribution in [3.63, 3.8) is 0 Å². The van der Waals surface area contributed by atoms with E-state index in [-0.39, 0.29) is 23.5 Å². The Hall–Kier alpha value is -2.82. The Labute approximate surface area is 164 Å². The molecule has 1 N–H and O–H groups in total. The number of benzene rings is 2. The molecule has 0 bridgehead atoms. The topological polar surface area (TPSA) is 64.6 Å². The van der Waals surface area contributed by atoms with Crippen LogP contribution in [0, 0.1) is 17.8 Å². The Morgan fingerprint density at radius 1 is 1.21 bits per heavy atom. The Bertz CT molecular complexity index is 955. The third-order valence-corrected chi connectivity index (χ3v) is 6.59. The summed E-state index contributed by atoms with van der Waals surface area (Å²) in [5.74, 6) is 1.99. The van der Waals surface area contributed by atoms with Gasteiger partial charge in [0.25, 0.3) is 0 Å². The van der Waals surface area contributed by atoms with Crippen LogP contribution in [0.1, 0.15) is 35.2 Å². The predicted octanol–water partition coefficient (Wildman–Crippen LogP) is 3.37. The summed E-state index contributed by atoms with van der Waals surface area (Å²) in [5, 5.41) is 3.06. The molecular weight excluding hydrogens is 354 g/mol. The number of para-hydroxylation sites is 2. The van der Waals surface area contributed by atoms with Crippen molar-refractivity contribution >= 4 is 11.7 Å². The quantitative estimate of drug-likeness (QED) is 0.887. The molecule has 5 heteroatoms. The van der Waals surface area contributed by atoms with E-state index >= 15 is 0 Å². The lowest BCUT2D eigenvalue weighted by Gasteiger charge is -2.37. The Morgan fingerprint density at radius 3 is 2.86 bits per heavy atom. The van der Waals surface area contributed by atoms with E-state index in [2.05, 4.69) is 5.32 Å². The first-order valence-corrected chi connectivity index (χ1v) is 9.84. The van der Waals surface area contributed by atoms with Gasteiger partial charge in [-0.05, 0) is 37.0 Å². The van der Waals surface area contributed by atoms with Gasteiger partial charge in [0, 0.05) is 23.9 Å². The summed E-state index contributed by atoms with van der Waals surface area (Å²) in [4.78, 5) is 25.5. The zero-order chi connectivity index (χ0) is 19.3. The molecule has 0 aromatic heterocycles. The maximum absolute atomic E-state index is 12.9. The third kappa shape index (κ3) is 2.60. The lowest BCUT2D eigenvalue weighted by Crippen LogP contribution is -2.44. The number of carbonyl (C=O) groups is 2. The highest BCUT2D eigenvalue weighted by Crippen LogP contribution is 2.65. The maximum atomic E-state index is 12.9. The van der Waals surface area contributed by atoms with Crippen molar-refractivity contribution in [2.75, 3.05) is 7.11 Å². The van der Waals surface area contributed by atoms with Crippen LogP contribution in [0.3, 0.4) is 0 Å². The minimum atomic E-state index is -0.511. The summed E-state index contributed by atoms with van der Waals surface area (Å²) < 4.78 is 11.7. The van der Waals surface area contributed by atoms with Gasteiger partial charge in [0.05, 0.1) is 19.1 Å². The molecule has 5 rings (SSSR count). The fourth-order valence-corrected chi connectivity index (χ4v) is 5.27. The van der Waals surface area contributed by atoms with Gasteiger partial charge in [-0.25, -0.2) is 0 Å². The minimum absolute atomic E-state index is 0.0508. The first kappa shape index (κ1) is 17.3. The third-order valence-electron chi connectivity index (χ3n) is 6.59. The number of carbonyl (C=O) groups excluding carboxylic acids is 2. The second-order valence-corrected chi connectivity index (χ2v) is 8.05. The van der Waals surface area contributed by atoms with Gasteiger partial charge in [-0.2, -0.15) is 0 Å². The summed E-state index contributed by atoms with van der Waals surface area (Å²) in [6, 6.07) is 15.1. The molecule has 5 nitrogen and oxygen atoms in total. The second-order valence-electron chi connectivity index (χ2n) is 8.05. The van der Waals surface area contributed by atoms with E-state index < -0.39 is 5.60 Å². The second kappa shape index (κ2) is 6.36. The van der Waals surface area contributed by atoms with Crippen LogP contribution < -0.4 is 14.8 Å². The number of ether oxygens (including phenoxy) is 2. The highest BCUT2D eigenvalue weighted by molar-refractivity contribution is 6.00. The molecule has 1 amide bonds. The molecule has 1 spiro atoms. The van der Waals surface area contributed by atoms with Gasteiger partial charge in [-0.1, -0.05) is 30.3 Å². The lowest BCUT2D eigenvalue weighted by atomic mass is 9.84. The predicted molar refractivity (Wildman–Crippen MR) is 103 cm³/mol. The molecular formula is C23H23NO4. The van der Waals surface area contributed by atoms with Crippen LogP contribution in [0.25, 0.3) is 0 Å². The van der Waals surface area contributed by atoms with Crippen molar-refractivity contribution in [1.29, 1.82) is 0 Å². The average molecular weight is 377 g/mol. The molecule has 0 radical (unpaired) electrons. The van der Waals surface area contributed by atoms with Crippen molar-refractivity contribution in [2.45, 2.75) is 31.4 Å². The van der Waals surface area contributed by atoms with Gasteiger partial charge in [-0.15, -0.1) is 0 Å². The van der Waals surface area contributed by atoms with Gasteiger partial charge in [-0.3, -0.25) is 9.59 Å². The molecule has 2 fully saturated rings. The van der Waals surface area contributed by atoms with Crippen molar-refractivity contribution in [2.24, 2.45) is 17.8 Å². The zero-order valence-corrected chi connectivity index (χ0v) is 15.8. The van der Waals surface area contributed by atoms with Crippen LogP contribution in [0.5, 0.6) is 11.5 Å². The number of nitrogens with one attached hydrogen (secondary N) is 1. The summed E-state index contributed by atoms with van der Waals surface area (Å²) in [7, 11) is 1.63. The SMILES string of the molecule is COc1ccccc1CNC(=O)[C@@H]1[C@@H]2CC[C@@]3(CC(=O)c4ccccc4O3)[C@@H]21. The van der Waals surface area contributed by atoms with E-state index in [1.54, 1.807) is 7.11 Å². The molecule has 28 heavy (non-hydrogen) atoms.